The summed E-state index contributed by atoms with van der Waals surface area (Å²) in [6, 6.07) is -1.57. The Bertz CT molecular complexity index is 393. The van der Waals surface area contributed by atoms with Gasteiger partial charge < -0.3 is 25.3 Å². The van der Waals surface area contributed by atoms with E-state index in [0.29, 0.717) is 0 Å². The lowest BCUT2D eigenvalue weighted by atomic mass is 10.0. The SMILES string of the molecule is CN1CCC(N(C)C(=O)N[C@@H](CCC(=O)O)C(=O)O)CC1. The van der Waals surface area contributed by atoms with Crippen molar-refractivity contribution >= 4 is 18.0 Å². The van der Waals surface area contributed by atoms with Crippen LogP contribution in [0.3, 0.4) is 0 Å². The number of nitrogens with one attached hydrogen (secondary N) is 1. The van der Waals surface area contributed by atoms with Crippen LogP contribution in [0.2, 0.25) is 0 Å². The minimum absolute atomic E-state index is 0.0788. The van der Waals surface area contributed by atoms with Gasteiger partial charge in [0.15, 0.2) is 0 Å². The fraction of sp³-hybridized carbons (Fsp3) is 0.769. The van der Waals surface area contributed by atoms with E-state index in [1.54, 1.807) is 7.05 Å². The van der Waals surface area contributed by atoms with Gasteiger partial charge in [-0.2, -0.15) is 0 Å². The smallest absolute Gasteiger partial charge is 0.326 e. The second-order valence-corrected chi connectivity index (χ2v) is 5.42. The summed E-state index contributed by atoms with van der Waals surface area (Å²) in [5.74, 6) is -2.31. The molecule has 0 aliphatic carbocycles. The maximum absolute atomic E-state index is 12.1. The van der Waals surface area contributed by atoms with Crippen LogP contribution in [0.1, 0.15) is 25.7 Å². The molecule has 3 N–H and O–H groups in total. The zero-order chi connectivity index (χ0) is 16.0. The van der Waals surface area contributed by atoms with Gasteiger partial charge in [0.2, 0.25) is 0 Å². The number of rotatable bonds is 6. The number of hydrogen-bond acceptors (Lipinski definition) is 4. The highest BCUT2D eigenvalue weighted by atomic mass is 16.4. The van der Waals surface area contributed by atoms with Crippen molar-refractivity contribution in [3.05, 3.63) is 0 Å². The number of carbonyl (C=O) groups is 3. The molecular weight excluding hydrogens is 278 g/mol. The van der Waals surface area contributed by atoms with E-state index in [4.69, 9.17) is 10.2 Å². The van der Waals surface area contributed by atoms with Crippen LogP contribution in [0.4, 0.5) is 4.79 Å². The molecule has 0 bridgehead atoms. The predicted molar refractivity (Wildman–Crippen MR) is 75.1 cm³/mol. The van der Waals surface area contributed by atoms with Gasteiger partial charge in [-0.1, -0.05) is 0 Å². The summed E-state index contributed by atoms with van der Waals surface area (Å²) in [6.07, 6.45) is 1.26. The van der Waals surface area contributed by atoms with Gasteiger partial charge in [0.25, 0.3) is 0 Å². The normalized spacial score (nSPS) is 18.0. The molecule has 1 aliphatic heterocycles. The van der Waals surface area contributed by atoms with Gasteiger partial charge in [0.05, 0.1) is 0 Å². The van der Waals surface area contributed by atoms with E-state index in [-0.39, 0.29) is 18.9 Å². The number of urea groups is 1. The highest BCUT2D eigenvalue weighted by Gasteiger charge is 2.27. The average Bonchev–Trinajstić information content (AvgIpc) is 2.42. The maximum Gasteiger partial charge on any atom is 0.326 e. The Morgan fingerprint density at radius 2 is 1.86 bits per heavy atom. The Labute approximate surface area is 123 Å². The molecular formula is C13H23N3O5. The van der Waals surface area contributed by atoms with Crippen LogP contribution in [0, 0.1) is 0 Å². The Kier molecular flexibility index (Phi) is 6.41. The lowest BCUT2D eigenvalue weighted by Gasteiger charge is -2.35. The standard InChI is InChI=1S/C13H23N3O5/c1-15-7-5-9(6-8-15)16(2)13(21)14-10(12(19)20)3-4-11(17)18/h9-10H,3-8H2,1-2H3,(H,14,21)(H,17,18)(H,19,20)/t10-/m0/s1. The van der Waals surface area contributed by atoms with E-state index in [9.17, 15) is 14.4 Å². The Hall–Kier alpha value is -1.83. The summed E-state index contributed by atoms with van der Waals surface area (Å²) < 4.78 is 0. The van der Waals surface area contributed by atoms with Crippen LogP contribution in [-0.4, -0.2) is 77.3 Å². The number of hydrogen-bond donors (Lipinski definition) is 3. The molecule has 0 aromatic rings. The second-order valence-electron chi connectivity index (χ2n) is 5.42. The van der Waals surface area contributed by atoms with Crippen molar-refractivity contribution in [3.63, 3.8) is 0 Å². The van der Waals surface area contributed by atoms with Crippen LogP contribution >= 0.6 is 0 Å². The number of amides is 2. The van der Waals surface area contributed by atoms with Gasteiger partial charge in [-0.05, 0) is 39.4 Å². The van der Waals surface area contributed by atoms with Gasteiger partial charge in [-0.25, -0.2) is 9.59 Å². The Morgan fingerprint density at radius 3 is 2.33 bits per heavy atom. The zero-order valence-corrected chi connectivity index (χ0v) is 12.4. The van der Waals surface area contributed by atoms with Crippen LogP contribution < -0.4 is 5.32 Å². The molecule has 1 atom stereocenters. The third-order valence-corrected chi connectivity index (χ3v) is 3.80. The molecule has 0 unspecified atom stereocenters. The molecule has 1 fully saturated rings. The average molecular weight is 301 g/mol. The van der Waals surface area contributed by atoms with Crippen molar-refractivity contribution in [2.45, 2.75) is 37.8 Å². The predicted octanol–water partition coefficient (Wildman–Crippen LogP) is 0.0400. The number of aliphatic carboxylic acids is 2. The van der Waals surface area contributed by atoms with E-state index in [1.807, 2.05) is 7.05 Å². The van der Waals surface area contributed by atoms with E-state index >= 15 is 0 Å². The number of carboxylic acids is 2. The summed E-state index contributed by atoms with van der Waals surface area (Å²) in [5.41, 5.74) is 0. The van der Waals surface area contributed by atoms with Crippen LogP contribution in [0.25, 0.3) is 0 Å². The number of carbonyl (C=O) groups excluding carboxylic acids is 1. The molecule has 2 amide bonds. The zero-order valence-electron chi connectivity index (χ0n) is 12.4. The second kappa shape index (κ2) is 7.82. The van der Waals surface area contributed by atoms with E-state index < -0.39 is 24.0 Å². The van der Waals surface area contributed by atoms with Crippen LogP contribution in [0.15, 0.2) is 0 Å². The molecule has 1 aliphatic rings. The minimum atomic E-state index is -1.22. The molecule has 0 spiro atoms. The highest BCUT2D eigenvalue weighted by molar-refractivity contribution is 5.83. The number of nitrogens with zero attached hydrogens (tertiary/aromatic N) is 2. The summed E-state index contributed by atoms with van der Waals surface area (Å²) in [7, 11) is 3.66. The Balaban J connectivity index is 2.51. The molecule has 1 rings (SSSR count). The number of carboxylic acid groups (broad SMARTS) is 2. The van der Waals surface area contributed by atoms with Crippen molar-refractivity contribution in [2.24, 2.45) is 0 Å². The van der Waals surface area contributed by atoms with Gasteiger partial charge >= 0.3 is 18.0 Å². The minimum Gasteiger partial charge on any atom is -0.481 e. The van der Waals surface area contributed by atoms with E-state index in [0.717, 1.165) is 25.9 Å². The van der Waals surface area contributed by atoms with Crippen LogP contribution in [0.5, 0.6) is 0 Å². The van der Waals surface area contributed by atoms with Crippen molar-refractivity contribution in [1.29, 1.82) is 0 Å². The molecule has 0 aromatic heterocycles. The molecule has 0 radical (unpaired) electrons. The Morgan fingerprint density at radius 1 is 1.29 bits per heavy atom. The first kappa shape index (κ1) is 17.2. The molecule has 8 nitrogen and oxygen atoms in total. The molecule has 120 valence electrons. The van der Waals surface area contributed by atoms with E-state index in [2.05, 4.69) is 10.2 Å². The topological polar surface area (TPSA) is 110 Å². The first-order valence-electron chi connectivity index (χ1n) is 6.97. The fourth-order valence-corrected chi connectivity index (χ4v) is 2.32. The van der Waals surface area contributed by atoms with Crippen molar-refractivity contribution in [3.8, 4) is 0 Å². The summed E-state index contributed by atoms with van der Waals surface area (Å²) >= 11 is 0. The van der Waals surface area contributed by atoms with Crippen LogP contribution in [-0.2, 0) is 9.59 Å². The first-order valence-corrected chi connectivity index (χ1v) is 6.97. The third-order valence-electron chi connectivity index (χ3n) is 3.80. The highest BCUT2D eigenvalue weighted by Crippen LogP contribution is 2.14. The molecule has 1 heterocycles. The van der Waals surface area contributed by atoms with Gasteiger partial charge in [-0.15, -0.1) is 0 Å². The fourth-order valence-electron chi connectivity index (χ4n) is 2.32. The summed E-state index contributed by atoms with van der Waals surface area (Å²) in [6.45, 7) is 1.79. The lowest BCUT2D eigenvalue weighted by Crippen LogP contribution is -2.52. The largest absolute Gasteiger partial charge is 0.481 e. The maximum atomic E-state index is 12.1. The van der Waals surface area contributed by atoms with Crippen molar-refractivity contribution in [2.75, 3.05) is 27.2 Å². The van der Waals surface area contributed by atoms with Crippen molar-refractivity contribution in [1.82, 2.24) is 15.1 Å². The van der Waals surface area contributed by atoms with Gasteiger partial charge in [-0.3, -0.25) is 4.79 Å². The molecule has 0 aromatic carbocycles. The summed E-state index contributed by atoms with van der Waals surface area (Å²) in [5, 5.41) is 20.0. The third kappa shape index (κ3) is 5.58. The summed E-state index contributed by atoms with van der Waals surface area (Å²) in [4.78, 5) is 37.3. The van der Waals surface area contributed by atoms with Gasteiger partial charge in [0, 0.05) is 19.5 Å². The van der Waals surface area contributed by atoms with E-state index in [1.165, 1.54) is 4.90 Å². The first-order chi connectivity index (χ1) is 9.81. The van der Waals surface area contributed by atoms with Gasteiger partial charge in [0.1, 0.15) is 6.04 Å². The van der Waals surface area contributed by atoms with Crippen molar-refractivity contribution < 1.29 is 24.6 Å². The molecule has 0 saturated carbocycles. The quantitative estimate of drug-likeness (QED) is 0.639. The monoisotopic (exact) mass is 301 g/mol. The molecule has 8 heteroatoms. The molecule has 21 heavy (non-hydrogen) atoms. The molecule has 1 saturated heterocycles. The lowest BCUT2D eigenvalue weighted by molar-refractivity contribution is -0.140. The number of likely N-dealkylation sites (tertiary alicyclic amines) is 1. The number of piperidine rings is 1.